The third-order valence-electron chi connectivity index (χ3n) is 5.10. The van der Waals surface area contributed by atoms with Crippen molar-refractivity contribution in [1.82, 2.24) is 4.57 Å². The second-order valence-electron chi connectivity index (χ2n) is 7.14. The topological polar surface area (TPSA) is 109 Å². The van der Waals surface area contributed by atoms with E-state index in [0.717, 1.165) is 25.7 Å². The summed E-state index contributed by atoms with van der Waals surface area (Å²) in [7, 11) is 0. The highest BCUT2D eigenvalue weighted by Gasteiger charge is 2.21. The van der Waals surface area contributed by atoms with Crippen LogP contribution in [0.15, 0.2) is 39.3 Å². The van der Waals surface area contributed by atoms with E-state index in [1.807, 2.05) is 6.92 Å². The second-order valence-corrected chi connectivity index (χ2v) is 7.14. The van der Waals surface area contributed by atoms with Crippen molar-refractivity contribution in [2.75, 3.05) is 0 Å². The summed E-state index contributed by atoms with van der Waals surface area (Å²) >= 11 is 0. The van der Waals surface area contributed by atoms with Gasteiger partial charge in [-0.1, -0.05) is 33.1 Å². The SMILES string of the molecule is [C-]#[N+]c1c(C)c(N=Nc2ccc(C(=O)O)cc2)c(=O)n(CC(CC)CCCC)c1O. The zero-order chi connectivity index (χ0) is 22.3. The molecule has 0 aliphatic rings. The average molecular weight is 410 g/mol. The normalized spacial score (nSPS) is 12.1. The van der Waals surface area contributed by atoms with Gasteiger partial charge in [0.25, 0.3) is 5.56 Å². The fraction of sp³-hybridized carbons (Fsp3) is 0.409. The van der Waals surface area contributed by atoms with E-state index < -0.39 is 11.5 Å². The molecule has 2 N–H and O–H groups in total. The van der Waals surface area contributed by atoms with Crippen LogP contribution in [0.4, 0.5) is 17.1 Å². The minimum Gasteiger partial charge on any atom is -0.503 e. The monoisotopic (exact) mass is 410 g/mol. The predicted octanol–water partition coefficient (Wildman–Crippen LogP) is 5.74. The van der Waals surface area contributed by atoms with Crippen LogP contribution < -0.4 is 5.56 Å². The van der Waals surface area contributed by atoms with Gasteiger partial charge in [-0.15, -0.1) is 5.11 Å². The molecule has 2 rings (SSSR count). The minimum absolute atomic E-state index is 0.00791. The largest absolute Gasteiger partial charge is 0.503 e. The zero-order valence-corrected chi connectivity index (χ0v) is 17.4. The molecule has 1 unspecified atom stereocenters. The summed E-state index contributed by atoms with van der Waals surface area (Å²) in [6, 6.07) is 5.75. The van der Waals surface area contributed by atoms with Gasteiger partial charge in [-0.25, -0.2) is 9.64 Å². The number of carbonyl (C=O) groups is 1. The maximum atomic E-state index is 13.0. The molecule has 2 aromatic rings. The molecule has 0 saturated carbocycles. The Morgan fingerprint density at radius 2 is 1.90 bits per heavy atom. The molecule has 1 heterocycles. The van der Waals surface area contributed by atoms with Gasteiger partial charge >= 0.3 is 5.97 Å². The number of rotatable bonds is 9. The van der Waals surface area contributed by atoms with E-state index >= 15 is 0 Å². The van der Waals surface area contributed by atoms with Crippen LogP contribution >= 0.6 is 0 Å². The van der Waals surface area contributed by atoms with Crippen molar-refractivity contribution >= 4 is 23.0 Å². The van der Waals surface area contributed by atoms with Gasteiger partial charge in [0, 0.05) is 6.54 Å². The lowest BCUT2D eigenvalue weighted by Gasteiger charge is -2.19. The van der Waals surface area contributed by atoms with E-state index in [-0.39, 0.29) is 34.3 Å². The number of nitrogens with zero attached hydrogens (tertiary/aromatic N) is 4. The number of carboxylic acids is 1. The minimum atomic E-state index is -1.05. The molecule has 158 valence electrons. The van der Waals surface area contributed by atoms with Crippen LogP contribution in [0.2, 0.25) is 0 Å². The summed E-state index contributed by atoms with van der Waals surface area (Å²) in [5, 5.41) is 27.6. The van der Waals surface area contributed by atoms with E-state index in [4.69, 9.17) is 11.7 Å². The average Bonchev–Trinajstić information content (AvgIpc) is 2.74. The first kappa shape index (κ1) is 22.8. The fourth-order valence-electron chi connectivity index (χ4n) is 3.17. The summed E-state index contributed by atoms with van der Waals surface area (Å²) in [6.07, 6.45) is 3.83. The van der Waals surface area contributed by atoms with Crippen LogP contribution in [0.5, 0.6) is 5.88 Å². The molecule has 1 aromatic heterocycles. The Labute approximate surface area is 175 Å². The number of benzene rings is 1. The van der Waals surface area contributed by atoms with E-state index in [2.05, 4.69) is 22.0 Å². The highest BCUT2D eigenvalue weighted by atomic mass is 16.4. The smallest absolute Gasteiger partial charge is 0.335 e. The number of pyridine rings is 1. The van der Waals surface area contributed by atoms with Crippen molar-refractivity contribution in [3.8, 4) is 5.88 Å². The first-order chi connectivity index (χ1) is 14.3. The van der Waals surface area contributed by atoms with Gasteiger partial charge in [-0.3, -0.25) is 9.36 Å². The van der Waals surface area contributed by atoms with Gasteiger partial charge in [0.1, 0.15) is 5.69 Å². The van der Waals surface area contributed by atoms with E-state index in [1.165, 1.54) is 28.8 Å². The summed E-state index contributed by atoms with van der Waals surface area (Å²) in [4.78, 5) is 27.4. The van der Waals surface area contributed by atoms with Crippen LogP contribution in [-0.4, -0.2) is 20.7 Å². The molecule has 0 radical (unpaired) electrons. The quantitative estimate of drug-likeness (QED) is 0.405. The number of hydrogen-bond donors (Lipinski definition) is 2. The fourth-order valence-corrected chi connectivity index (χ4v) is 3.17. The van der Waals surface area contributed by atoms with Crippen molar-refractivity contribution in [1.29, 1.82) is 0 Å². The molecule has 1 atom stereocenters. The van der Waals surface area contributed by atoms with Crippen molar-refractivity contribution in [2.45, 2.75) is 53.0 Å². The molecule has 0 aliphatic heterocycles. The molecule has 0 fully saturated rings. The second kappa shape index (κ2) is 10.3. The van der Waals surface area contributed by atoms with E-state index in [1.54, 1.807) is 6.92 Å². The molecular weight excluding hydrogens is 384 g/mol. The molecule has 8 nitrogen and oxygen atoms in total. The van der Waals surface area contributed by atoms with E-state index in [9.17, 15) is 14.7 Å². The highest BCUT2D eigenvalue weighted by molar-refractivity contribution is 5.87. The molecule has 0 spiro atoms. The van der Waals surface area contributed by atoms with Gasteiger partial charge in [-0.2, -0.15) is 5.11 Å². The zero-order valence-electron chi connectivity index (χ0n) is 17.4. The molecule has 0 amide bonds. The van der Waals surface area contributed by atoms with Crippen LogP contribution in [0.1, 0.15) is 55.5 Å². The number of hydrogen-bond acceptors (Lipinski definition) is 5. The Morgan fingerprint density at radius 3 is 2.43 bits per heavy atom. The molecule has 30 heavy (non-hydrogen) atoms. The lowest BCUT2D eigenvalue weighted by Crippen LogP contribution is -2.24. The molecule has 8 heteroatoms. The number of aromatic nitrogens is 1. The van der Waals surface area contributed by atoms with Crippen molar-refractivity contribution in [2.24, 2.45) is 16.1 Å². The number of carboxylic acid groups (broad SMARTS) is 1. The number of aromatic carboxylic acids is 1. The molecular formula is C22H26N4O4. The lowest BCUT2D eigenvalue weighted by molar-refractivity contribution is 0.0697. The third-order valence-corrected chi connectivity index (χ3v) is 5.10. The maximum Gasteiger partial charge on any atom is 0.335 e. The lowest BCUT2D eigenvalue weighted by atomic mass is 9.99. The Hall–Kier alpha value is -3.47. The first-order valence-corrected chi connectivity index (χ1v) is 9.92. The summed E-state index contributed by atoms with van der Waals surface area (Å²) in [6.45, 7) is 13.4. The van der Waals surface area contributed by atoms with Crippen molar-refractivity contribution in [3.05, 3.63) is 57.2 Å². The third kappa shape index (κ3) is 5.11. The number of unbranched alkanes of at least 4 members (excludes halogenated alkanes) is 1. The van der Waals surface area contributed by atoms with Crippen molar-refractivity contribution in [3.63, 3.8) is 0 Å². The van der Waals surface area contributed by atoms with Crippen LogP contribution in [-0.2, 0) is 6.54 Å². The summed E-state index contributed by atoms with van der Waals surface area (Å²) in [5.41, 5.74) is 0.221. The standard InChI is InChI=1S/C22H26N4O4/c1-5-7-8-15(6-2)13-26-20(27)18(23-4)14(3)19(21(26)28)25-24-17-11-9-16(10-12-17)22(29)30/h9-12,15,27H,5-8,13H2,1-3H3,(H,29,30). The molecule has 1 aromatic carbocycles. The van der Waals surface area contributed by atoms with Gasteiger partial charge in [0.05, 0.1) is 17.8 Å². The van der Waals surface area contributed by atoms with Crippen LogP contribution in [0.3, 0.4) is 0 Å². The van der Waals surface area contributed by atoms with Gasteiger partial charge in [0.2, 0.25) is 5.69 Å². The highest BCUT2D eigenvalue weighted by Crippen LogP contribution is 2.35. The summed E-state index contributed by atoms with van der Waals surface area (Å²) in [5.74, 6) is -1.19. The van der Waals surface area contributed by atoms with Crippen molar-refractivity contribution < 1.29 is 15.0 Å². The van der Waals surface area contributed by atoms with Gasteiger partial charge in [0.15, 0.2) is 5.88 Å². The molecule has 0 saturated heterocycles. The summed E-state index contributed by atoms with van der Waals surface area (Å²) < 4.78 is 1.21. The van der Waals surface area contributed by atoms with E-state index in [0.29, 0.717) is 12.2 Å². The molecule has 0 aliphatic carbocycles. The maximum absolute atomic E-state index is 13.0. The van der Waals surface area contributed by atoms with Crippen LogP contribution in [0.25, 0.3) is 4.85 Å². The number of aromatic hydroxyl groups is 1. The van der Waals surface area contributed by atoms with Gasteiger partial charge < -0.3 is 10.2 Å². The number of azo groups is 1. The first-order valence-electron chi connectivity index (χ1n) is 9.92. The molecule has 0 bridgehead atoms. The Bertz CT molecular complexity index is 1030. The van der Waals surface area contributed by atoms with Crippen LogP contribution in [0, 0.1) is 19.4 Å². The Kier molecular flexibility index (Phi) is 7.87. The Morgan fingerprint density at radius 1 is 1.23 bits per heavy atom. The van der Waals surface area contributed by atoms with Gasteiger partial charge in [-0.05, 0) is 49.1 Å². The predicted molar refractivity (Wildman–Crippen MR) is 114 cm³/mol. The Balaban J connectivity index is 2.47.